The quantitative estimate of drug-likeness (QED) is 0.512. The van der Waals surface area contributed by atoms with E-state index in [1.54, 1.807) is 30.3 Å². The third-order valence-corrected chi connectivity index (χ3v) is 5.53. The molecule has 0 aromatic heterocycles. The van der Waals surface area contributed by atoms with Crippen molar-refractivity contribution in [2.45, 2.75) is 6.61 Å². The van der Waals surface area contributed by atoms with Gasteiger partial charge in [-0.05, 0) is 23.1 Å². The Kier molecular flexibility index (Phi) is 6.80. The number of hydrogen-bond donors (Lipinski definition) is 1. The Hall–Kier alpha value is -3.44. The molecule has 32 heavy (non-hydrogen) atoms. The maximum Gasteiger partial charge on any atom is 0.326 e. The van der Waals surface area contributed by atoms with E-state index in [1.165, 1.54) is 25.3 Å². The van der Waals surface area contributed by atoms with Gasteiger partial charge in [-0.1, -0.05) is 36.4 Å². The van der Waals surface area contributed by atoms with Gasteiger partial charge in [-0.15, -0.1) is 0 Å². The van der Waals surface area contributed by atoms with Crippen LogP contribution >= 0.6 is 0 Å². The summed E-state index contributed by atoms with van der Waals surface area (Å²) in [7, 11) is -2.46. The lowest BCUT2D eigenvalue weighted by Crippen LogP contribution is -2.41. The molecule has 3 aromatic rings. The number of carbonyl (C=O) groups excluding carboxylic acids is 1. The number of fused-ring (bicyclic) bond motifs is 1. The zero-order chi connectivity index (χ0) is 23.5. The largest absolute Gasteiger partial charge is 0.494 e. The second-order valence-electron chi connectivity index (χ2n) is 6.62. The molecule has 0 aliphatic carbocycles. The Morgan fingerprint density at radius 1 is 1.03 bits per heavy atom. The summed E-state index contributed by atoms with van der Waals surface area (Å²) in [5, 5.41) is 4.78. The standard InChI is InChI=1S/C21H20F2N2O6S/c1-29-15-9-8-14-10-16(31-12-13-6-4-3-5-7-13)21(20(23)18(14)19(15)22)25(32(24,27)28)11-17(26)30-2/h3-10H,11-12H2,1-2H3,(H2,24,27,28). The van der Waals surface area contributed by atoms with E-state index < -0.39 is 45.4 Å². The van der Waals surface area contributed by atoms with Crippen LogP contribution in [0.3, 0.4) is 0 Å². The number of methoxy groups -OCH3 is 2. The average Bonchev–Trinajstić information content (AvgIpc) is 2.76. The summed E-state index contributed by atoms with van der Waals surface area (Å²) in [6.45, 7) is -1.01. The predicted octanol–water partition coefficient (Wildman–Crippen LogP) is 2.89. The molecule has 0 aliphatic rings. The molecule has 0 unspecified atom stereocenters. The second-order valence-corrected chi connectivity index (χ2v) is 8.09. The highest BCUT2D eigenvalue weighted by Gasteiger charge is 2.31. The van der Waals surface area contributed by atoms with Gasteiger partial charge in [-0.2, -0.15) is 8.42 Å². The molecule has 0 heterocycles. The number of hydrogen-bond acceptors (Lipinski definition) is 6. The minimum absolute atomic E-state index is 0.0614. The Labute approximate surface area is 183 Å². The van der Waals surface area contributed by atoms with E-state index in [4.69, 9.17) is 14.6 Å². The van der Waals surface area contributed by atoms with Crippen molar-refractivity contribution in [3.8, 4) is 11.5 Å². The van der Waals surface area contributed by atoms with Crippen molar-refractivity contribution in [2.24, 2.45) is 5.14 Å². The van der Waals surface area contributed by atoms with Crippen LogP contribution in [0.4, 0.5) is 14.5 Å². The zero-order valence-electron chi connectivity index (χ0n) is 17.2. The first-order valence-corrected chi connectivity index (χ1v) is 10.7. The molecule has 3 rings (SSSR count). The molecule has 0 amide bonds. The lowest BCUT2D eigenvalue weighted by Gasteiger charge is -2.25. The fourth-order valence-electron chi connectivity index (χ4n) is 3.06. The molecule has 0 aliphatic heterocycles. The van der Waals surface area contributed by atoms with Crippen LogP contribution in [-0.2, 0) is 26.3 Å². The number of nitrogens with zero attached hydrogens (tertiary/aromatic N) is 1. The molecule has 0 bridgehead atoms. The molecule has 11 heteroatoms. The Bertz CT molecular complexity index is 1250. The maximum atomic E-state index is 15.7. The van der Waals surface area contributed by atoms with Gasteiger partial charge in [0.15, 0.2) is 17.4 Å². The Balaban J connectivity index is 2.26. The van der Waals surface area contributed by atoms with E-state index in [2.05, 4.69) is 4.74 Å². The minimum atomic E-state index is -4.69. The molecule has 2 N–H and O–H groups in total. The van der Waals surface area contributed by atoms with Crippen LogP contribution in [0.2, 0.25) is 0 Å². The summed E-state index contributed by atoms with van der Waals surface area (Å²) in [5.74, 6) is -3.87. The normalized spacial score (nSPS) is 11.3. The van der Waals surface area contributed by atoms with Crippen molar-refractivity contribution in [1.82, 2.24) is 0 Å². The van der Waals surface area contributed by atoms with Crippen LogP contribution in [0, 0.1) is 11.6 Å². The van der Waals surface area contributed by atoms with E-state index in [0.29, 0.717) is 5.56 Å². The zero-order valence-corrected chi connectivity index (χ0v) is 18.0. The predicted molar refractivity (Wildman–Crippen MR) is 114 cm³/mol. The van der Waals surface area contributed by atoms with Gasteiger partial charge in [0.1, 0.15) is 24.6 Å². The molecule has 0 fully saturated rings. The van der Waals surface area contributed by atoms with Crippen LogP contribution in [-0.4, -0.2) is 35.2 Å². The molecule has 0 saturated heterocycles. The van der Waals surface area contributed by atoms with Crippen molar-refractivity contribution >= 4 is 32.6 Å². The molecular formula is C21H20F2N2O6S. The highest BCUT2D eigenvalue weighted by molar-refractivity contribution is 7.90. The highest BCUT2D eigenvalue weighted by atomic mass is 32.2. The number of carbonyl (C=O) groups is 1. The van der Waals surface area contributed by atoms with Gasteiger partial charge in [-0.3, -0.25) is 4.79 Å². The first kappa shape index (κ1) is 23.2. The fraction of sp³-hybridized carbons (Fsp3) is 0.190. The molecule has 170 valence electrons. The van der Waals surface area contributed by atoms with Crippen molar-refractivity contribution in [1.29, 1.82) is 0 Å². The number of nitrogens with two attached hydrogens (primary N) is 1. The van der Waals surface area contributed by atoms with Crippen LogP contribution < -0.4 is 18.9 Å². The molecule has 0 atom stereocenters. The molecule has 0 saturated carbocycles. The fourth-order valence-corrected chi connectivity index (χ4v) is 3.77. The highest BCUT2D eigenvalue weighted by Crippen LogP contribution is 2.41. The number of benzene rings is 3. The number of ether oxygens (including phenoxy) is 3. The molecule has 8 nitrogen and oxygen atoms in total. The molecule has 3 aromatic carbocycles. The summed E-state index contributed by atoms with van der Waals surface area (Å²) in [4.78, 5) is 11.8. The molecular weight excluding hydrogens is 446 g/mol. The molecule has 0 radical (unpaired) electrons. The lowest BCUT2D eigenvalue weighted by molar-refractivity contribution is -0.138. The SMILES string of the molecule is COC(=O)CN(c1c(OCc2ccccc2)cc2ccc(OC)c(F)c2c1F)S(N)(=O)=O. The van der Waals surface area contributed by atoms with Crippen molar-refractivity contribution in [2.75, 3.05) is 25.1 Å². The van der Waals surface area contributed by atoms with Crippen LogP contribution in [0.15, 0.2) is 48.5 Å². The first-order chi connectivity index (χ1) is 15.2. The van der Waals surface area contributed by atoms with Crippen LogP contribution in [0.1, 0.15) is 5.56 Å². The Morgan fingerprint density at radius 3 is 2.31 bits per heavy atom. The van der Waals surface area contributed by atoms with Gasteiger partial charge >= 0.3 is 5.97 Å². The average molecular weight is 466 g/mol. The maximum absolute atomic E-state index is 15.7. The van der Waals surface area contributed by atoms with E-state index in [0.717, 1.165) is 7.11 Å². The van der Waals surface area contributed by atoms with Crippen molar-refractivity contribution in [3.05, 3.63) is 65.7 Å². The number of rotatable bonds is 8. The van der Waals surface area contributed by atoms with Gasteiger partial charge in [0, 0.05) is 0 Å². The summed E-state index contributed by atoms with van der Waals surface area (Å²) < 4.78 is 70.4. The topological polar surface area (TPSA) is 108 Å². The van der Waals surface area contributed by atoms with Crippen LogP contribution in [0.5, 0.6) is 11.5 Å². The van der Waals surface area contributed by atoms with E-state index in [-0.39, 0.29) is 27.8 Å². The van der Waals surface area contributed by atoms with Crippen LogP contribution in [0.25, 0.3) is 10.8 Å². The van der Waals surface area contributed by atoms with Gasteiger partial charge in [-0.25, -0.2) is 18.2 Å². The second kappa shape index (κ2) is 9.37. The van der Waals surface area contributed by atoms with E-state index in [9.17, 15) is 17.6 Å². The van der Waals surface area contributed by atoms with Gasteiger partial charge in [0.05, 0.1) is 19.6 Å². The van der Waals surface area contributed by atoms with Gasteiger partial charge < -0.3 is 14.2 Å². The number of esters is 1. The van der Waals surface area contributed by atoms with Crippen molar-refractivity contribution < 1.29 is 36.2 Å². The van der Waals surface area contributed by atoms with Gasteiger partial charge in [0.2, 0.25) is 0 Å². The summed E-state index contributed by atoms with van der Waals surface area (Å²) in [5.41, 5.74) is -0.0246. The summed E-state index contributed by atoms with van der Waals surface area (Å²) >= 11 is 0. The lowest BCUT2D eigenvalue weighted by atomic mass is 10.1. The monoisotopic (exact) mass is 466 g/mol. The Morgan fingerprint density at radius 2 is 1.72 bits per heavy atom. The van der Waals surface area contributed by atoms with E-state index >= 15 is 4.39 Å². The third-order valence-electron chi connectivity index (χ3n) is 4.60. The van der Waals surface area contributed by atoms with Gasteiger partial charge in [0.25, 0.3) is 10.2 Å². The summed E-state index contributed by atoms with van der Waals surface area (Å²) in [6, 6.07) is 12.7. The van der Waals surface area contributed by atoms with E-state index in [1.807, 2.05) is 0 Å². The number of halogens is 2. The number of anilines is 1. The molecule has 0 spiro atoms. The summed E-state index contributed by atoms with van der Waals surface area (Å²) in [6.07, 6.45) is 0. The smallest absolute Gasteiger partial charge is 0.326 e. The van der Waals surface area contributed by atoms with Crippen molar-refractivity contribution in [3.63, 3.8) is 0 Å². The minimum Gasteiger partial charge on any atom is -0.494 e. The third kappa shape index (κ3) is 4.73. The first-order valence-electron chi connectivity index (χ1n) is 9.20.